The molecule has 0 bridgehead atoms. The van der Waals surface area contributed by atoms with Crippen molar-refractivity contribution in [2.45, 2.75) is 39.4 Å². The maximum atomic E-state index is 4.97. The van der Waals surface area contributed by atoms with Crippen LogP contribution in [0, 0.1) is 6.92 Å². The molecule has 0 unspecified atom stereocenters. The molecule has 2 aliphatic rings. The molecule has 29 heavy (non-hydrogen) atoms. The zero-order valence-corrected chi connectivity index (χ0v) is 16.7. The highest BCUT2D eigenvalue weighted by Gasteiger charge is 2.24. The van der Waals surface area contributed by atoms with E-state index in [1.54, 1.807) is 6.33 Å². The summed E-state index contributed by atoms with van der Waals surface area (Å²) < 4.78 is 0. The van der Waals surface area contributed by atoms with Crippen LogP contribution in [0.5, 0.6) is 0 Å². The molecule has 4 heteroatoms. The van der Waals surface area contributed by atoms with E-state index in [0.29, 0.717) is 0 Å². The molecule has 2 heterocycles. The first-order chi connectivity index (χ1) is 14.3. The summed E-state index contributed by atoms with van der Waals surface area (Å²) in [6.45, 7) is 4.80. The molecule has 144 valence electrons. The van der Waals surface area contributed by atoms with Crippen LogP contribution in [0.2, 0.25) is 0 Å². The normalized spacial score (nSPS) is 17.2. The maximum Gasteiger partial charge on any atom is 0.160 e. The molecule has 0 spiro atoms. The van der Waals surface area contributed by atoms with Crippen molar-refractivity contribution in [3.05, 3.63) is 87.7 Å². The van der Waals surface area contributed by atoms with Crippen LogP contribution in [0.4, 0.5) is 5.82 Å². The third-order valence-electron chi connectivity index (χ3n) is 5.75. The molecule has 4 nitrogen and oxygen atoms in total. The Bertz CT molecular complexity index is 1210. The van der Waals surface area contributed by atoms with Crippen molar-refractivity contribution >= 4 is 23.7 Å². The number of hydrogen-bond donors (Lipinski definition) is 0. The van der Waals surface area contributed by atoms with Crippen molar-refractivity contribution in [1.29, 1.82) is 0 Å². The van der Waals surface area contributed by atoms with Gasteiger partial charge in [0.2, 0.25) is 0 Å². The standard InChI is InChI=1S/C25H24N4/c1-18-7-2-3-10-21(18)14-29-15-23-24(16-29)26-17-27-25(23)28-22-12-6-11-19-8-4-5-9-20(19)13-22/h2-5,7-11,13,17H,6,12,14-16H2,1H3. The molecule has 0 amide bonds. The van der Waals surface area contributed by atoms with E-state index in [9.17, 15) is 0 Å². The van der Waals surface area contributed by atoms with E-state index in [2.05, 4.69) is 82.5 Å². The number of rotatable bonds is 3. The summed E-state index contributed by atoms with van der Waals surface area (Å²) in [4.78, 5) is 16.5. The lowest BCUT2D eigenvalue weighted by molar-refractivity contribution is 0.273. The second-order valence-electron chi connectivity index (χ2n) is 7.81. The lowest BCUT2D eigenvalue weighted by Gasteiger charge is -2.16. The number of fused-ring (bicyclic) bond motifs is 2. The minimum atomic E-state index is 0.827. The average molecular weight is 380 g/mol. The fraction of sp³-hybridized carbons (Fsp3) is 0.240. The molecule has 2 aromatic carbocycles. The van der Waals surface area contributed by atoms with Gasteiger partial charge in [-0.25, -0.2) is 15.0 Å². The van der Waals surface area contributed by atoms with Gasteiger partial charge in [0.25, 0.3) is 0 Å². The quantitative estimate of drug-likeness (QED) is 0.699. The van der Waals surface area contributed by atoms with Gasteiger partial charge in [-0.15, -0.1) is 0 Å². The van der Waals surface area contributed by atoms with E-state index >= 15 is 0 Å². The summed E-state index contributed by atoms with van der Waals surface area (Å²) in [5.41, 5.74) is 6.06. The largest absolute Gasteiger partial charge is 0.289 e. The van der Waals surface area contributed by atoms with Crippen molar-refractivity contribution in [1.82, 2.24) is 14.9 Å². The van der Waals surface area contributed by atoms with Crippen molar-refractivity contribution in [2.24, 2.45) is 4.99 Å². The van der Waals surface area contributed by atoms with E-state index in [-0.39, 0.29) is 0 Å². The van der Waals surface area contributed by atoms with Crippen molar-refractivity contribution in [3.8, 4) is 0 Å². The Morgan fingerprint density at radius 2 is 1.79 bits per heavy atom. The molecule has 1 aliphatic carbocycles. The molecule has 0 saturated carbocycles. The van der Waals surface area contributed by atoms with Crippen LogP contribution in [0.3, 0.4) is 0 Å². The number of benzene rings is 2. The summed E-state index contributed by atoms with van der Waals surface area (Å²) in [6, 6.07) is 17.1. The second-order valence-corrected chi connectivity index (χ2v) is 7.81. The molecule has 1 aromatic heterocycles. The van der Waals surface area contributed by atoms with Crippen molar-refractivity contribution in [3.63, 3.8) is 0 Å². The maximum absolute atomic E-state index is 4.97. The number of hydrogen-bond acceptors (Lipinski definition) is 4. The summed E-state index contributed by atoms with van der Waals surface area (Å²) >= 11 is 0. The number of aliphatic imine (C=N–C) groups is 1. The van der Waals surface area contributed by atoms with Crippen molar-refractivity contribution < 1.29 is 0 Å². The average Bonchev–Trinajstić information content (AvgIpc) is 3.03. The molecule has 0 N–H and O–H groups in total. The first kappa shape index (κ1) is 18.0. The highest BCUT2D eigenvalue weighted by molar-refractivity contribution is 6.11. The summed E-state index contributed by atoms with van der Waals surface area (Å²) in [7, 11) is 0. The van der Waals surface area contributed by atoms with Gasteiger partial charge in [0.1, 0.15) is 6.33 Å². The molecule has 3 aromatic rings. The van der Waals surface area contributed by atoms with E-state index < -0.39 is 0 Å². The fourth-order valence-corrected chi connectivity index (χ4v) is 4.14. The zero-order chi connectivity index (χ0) is 19.6. The Labute approximate surface area is 171 Å². The Morgan fingerprint density at radius 1 is 0.966 bits per heavy atom. The minimum absolute atomic E-state index is 0.827. The van der Waals surface area contributed by atoms with Gasteiger partial charge >= 0.3 is 0 Å². The van der Waals surface area contributed by atoms with Crippen LogP contribution < -0.4 is 10.4 Å². The Morgan fingerprint density at radius 3 is 2.69 bits per heavy atom. The first-order valence-corrected chi connectivity index (χ1v) is 10.2. The molecule has 5 rings (SSSR count). The third kappa shape index (κ3) is 3.76. The third-order valence-corrected chi connectivity index (χ3v) is 5.75. The predicted molar refractivity (Wildman–Crippen MR) is 117 cm³/mol. The van der Waals surface area contributed by atoms with Gasteiger partial charge < -0.3 is 0 Å². The number of aryl methyl sites for hydroxylation is 1. The highest BCUT2D eigenvalue weighted by Crippen LogP contribution is 2.29. The fourth-order valence-electron chi connectivity index (χ4n) is 4.14. The molecule has 0 fully saturated rings. The van der Waals surface area contributed by atoms with Crippen LogP contribution in [-0.4, -0.2) is 20.6 Å². The van der Waals surface area contributed by atoms with Gasteiger partial charge in [-0.1, -0.05) is 54.6 Å². The zero-order valence-electron chi connectivity index (χ0n) is 16.7. The number of nitrogens with zero attached hydrogens (tertiary/aromatic N) is 4. The van der Waals surface area contributed by atoms with Crippen LogP contribution in [-0.2, 0) is 19.6 Å². The predicted octanol–water partition coefficient (Wildman–Crippen LogP) is 3.43. The van der Waals surface area contributed by atoms with E-state index in [1.165, 1.54) is 27.1 Å². The van der Waals surface area contributed by atoms with Gasteiger partial charge in [0, 0.05) is 30.9 Å². The molecule has 0 saturated heterocycles. The molecular weight excluding hydrogens is 356 g/mol. The van der Waals surface area contributed by atoms with E-state index in [0.717, 1.165) is 49.7 Å². The first-order valence-electron chi connectivity index (χ1n) is 10.2. The number of aromatic nitrogens is 2. The Kier molecular flexibility index (Phi) is 4.78. The van der Waals surface area contributed by atoms with Gasteiger partial charge in [-0.05, 0) is 47.4 Å². The lowest BCUT2D eigenvalue weighted by Crippen LogP contribution is -2.23. The van der Waals surface area contributed by atoms with E-state index in [4.69, 9.17) is 4.99 Å². The minimum Gasteiger partial charge on any atom is -0.289 e. The smallest absolute Gasteiger partial charge is 0.160 e. The topological polar surface area (TPSA) is 41.4 Å². The Balaban J connectivity index is 1.44. The summed E-state index contributed by atoms with van der Waals surface area (Å²) in [5, 5.41) is 2.52. The van der Waals surface area contributed by atoms with Crippen LogP contribution in [0.25, 0.3) is 12.2 Å². The second kappa shape index (κ2) is 7.72. The summed E-state index contributed by atoms with van der Waals surface area (Å²) in [5.74, 6) is 0.827. The van der Waals surface area contributed by atoms with Gasteiger partial charge in [0.15, 0.2) is 5.82 Å². The van der Waals surface area contributed by atoms with Crippen LogP contribution in [0.1, 0.15) is 35.2 Å². The van der Waals surface area contributed by atoms with Gasteiger partial charge in [-0.3, -0.25) is 4.90 Å². The monoisotopic (exact) mass is 380 g/mol. The summed E-state index contributed by atoms with van der Waals surface area (Å²) in [6.07, 6.45) is 8.09. The Hall–Kier alpha value is -3.11. The molecule has 0 atom stereocenters. The van der Waals surface area contributed by atoms with Gasteiger partial charge in [-0.2, -0.15) is 0 Å². The molecule has 0 radical (unpaired) electrons. The van der Waals surface area contributed by atoms with Crippen molar-refractivity contribution in [2.75, 3.05) is 0 Å². The van der Waals surface area contributed by atoms with Crippen LogP contribution in [0.15, 0.2) is 59.9 Å². The lowest BCUT2D eigenvalue weighted by atomic mass is 10.1. The SMILES string of the molecule is Cc1ccccc1CN1Cc2ncnc(N=C3C=c4ccccc4=CCC3)c2C1. The van der Waals surface area contributed by atoms with E-state index in [1.807, 2.05) is 0 Å². The molecule has 1 aliphatic heterocycles. The van der Waals surface area contributed by atoms with Gasteiger partial charge in [0.05, 0.1) is 5.69 Å². The van der Waals surface area contributed by atoms with Crippen LogP contribution >= 0.6 is 0 Å². The highest BCUT2D eigenvalue weighted by atomic mass is 15.2. The molecular formula is C25H24N4.